The Labute approximate surface area is 95.8 Å². The van der Waals surface area contributed by atoms with Crippen LogP contribution in [0.2, 0.25) is 0 Å². The van der Waals surface area contributed by atoms with Gasteiger partial charge < -0.3 is 20.5 Å². The Hall–Kier alpha value is 0.659. The molecule has 0 aliphatic heterocycles. The molecule has 0 aromatic heterocycles. The third-order valence-corrected chi connectivity index (χ3v) is 0. The number of hydrogen-bond acceptors (Lipinski definition) is 8. The SMILES string of the molecule is O=C([O-])[O-].[Al].[Mg+2].[O-][Cl+3]([O-])([O-])[O-].[OH-]. The smallest absolute Gasteiger partial charge is 0.870 e. The molecule has 0 atom stereocenters. The summed E-state index contributed by atoms with van der Waals surface area (Å²) in [5.41, 5.74) is 0. The maximum atomic E-state index is 8.49. The van der Waals surface area contributed by atoms with Crippen molar-refractivity contribution < 1.29 is 49.4 Å². The average molecular weight is 228 g/mol. The van der Waals surface area contributed by atoms with E-state index in [0.29, 0.717) is 0 Å². The second-order valence-corrected chi connectivity index (χ2v) is 1.38. The molecule has 0 heterocycles. The Balaban J connectivity index is -0.0000000221. The van der Waals surface area contributed by atoms with Crippen LogP contribution in [0.25, 0.3) is 0 Å². The maximum Gasteiger partial charge on any atom is 2.00 e. The zero-order valence-corrected chi connectivity index (χ0v) is 8.79. The van der Waals surface area contributed by atoms with Crippen molar-refractivity contribution >= 4 is 46.6 Å². The summed E-state index contributed by atoms with van der Waals surface area (Å²) in [5, 5.41) is 16.7. The number of carboxylic acid groups (broad SMARTS) is 2. The summed E-state index contributed by atoms with van der Waals surface area (Å²) in [6, 6.07) is 0. The fourth-order valence-electron chi connectivity index (χ4n) is 0. The zero-order valence-electron chi connectivity index (χ0n) is 5.47. The van der Waals surface area contributed by atoms with Crippen molar-refractivity contribution in [2.45, 2.75) is 0 Å². The van der Waals surface area contributed by atoms with E-state index in [0.717, 1.165) is 0 Å². The molecular formula is CHAlClMgO8-2. The molecule has 67 valence electrons. The van der Waals surface area contributed by atoms with Gasteiger partial charge in [-0.1, -0.05) is 0 Å². The predicted octanol–water partition coefficient (Wildman–Crippen LogP) is -8.14. The Kier molecular flexibility index (Phi) is 34.7. The van der Waals surface area contributed by atoms with Crippen LogP contribution >= 0.6 is 0 Å². The molecule has 0 saturated carbocycles. The van der Waals surface area contributed by atoms with Gasteiger partial charge >= 0.3 is 23.1 Å². The summed E-state index contributed by atoms with van der Waals surface area (Å²) in [7, 11) is -4.94. The molecule has 1 N–H and O–H groups in total. The molecule has 0 aromatic rings. The molecule has 0 amide bonds. The summed E-state index contributed by atoms with van der Waals surface area (Å²) >= 11 is 0. The number of carbonyl (C=O) groups excluding carboxylic acids is 1. The van der Waals surface area contributed by atoms with E-state index in [1.165, 1.54) is 0 Å². The Morgan fingerprint density at radius 3 is 1.00 bits per heavy atom. The van der Waals surface area contributed by atoms with E-state index in [9.17, 15) is 0 Å². The molecule has 0 aliphatic carbocycles. The number of halogens is 1. The predicted molar refractivity (Wildman–Crippen MR) is 18.8 cm³/mol. The molecule has 0 rings (SSSR count). The Morgan fingerprint density at radius 1 is 1.00 bits per heavy atom. The number of rotatable bonds is 0. The second kappa shape index (κ2) is 14.2. The number of carbonyl (C=O) groups is 1. The Morgan fingerprint density at radius 2 is 1.00 bits per heavy atom. The van der Waals surface area contributed by atoms with E-state index in [2.05, 4.69) is 0 Å². The zero-order chi connectivity index (χ0) is 8.08. The molecule has 12 heavy (non-hydrogen) atoms. The van der Waals surface area contributed by atoms with Gasteiger partial charge in [-0.05, 0) is 6.16 Å². The van der Waals surface area contributed by atoms with Crippen LogP contribution in [0, 0.1) is 10.2 Å². The first kappa shape index (κ1) is 29.3. The average Bonchev–Trinajstić information content (AvgIpc) is 1.19. The molecule has 11 heteroatoms. The fourth-order valence-corrected chi connectivity index (χ4v) is 0. The first-order valence-electron chi connectivity index (χ1n) is 1.23. The van der Waals surface area contributed by atoms with Crippen LogP contribution in [0.15, 0.2) is 0 Å². The third kappa shape index (κ3) is 2290. The van der Waals surface area contributed by atoms with Crippen LogP contribution in [0.4, 0.5) is 4.79 Å². The normalized spacial score (nSPS) is 7.00. The van der Waals surface area contributed by atoms with Crippen LogP contribution in [-0.4, -0.2) is 52.0 Å². The molecule has 0 fully saturated rings. The van der Waals surface area contributed by atoms with E-state index < -0.39 is 16.4 Å². The van der Waals surface area contributed by atoms with Crippen molar-refractivity contribution in [1.29, 1.82) is 0 Å². The van der Waals surface area contributed by atoms with Gasteiger partial charge in [0.2, 0.25) is 0 Å². The molecular weight excluding hydrogens is 227 g/mol. The van der Waals surface area contributed by atoms with Gasteiger partial charge in [-0.15, -0.1) is 10.2 Å². The van der Waals surface area contributed by atoms with Crippen molar-refractivity contribution in [2.24, 2.45) is 0 Å². The van der Waals surface area contributed by atoms with Gasteiger partial charge in [0, 0.05) is 17.4 Å². The van der Waals surface area contributed by atoms with E-state index in [4.69, 9.17) is 33.6 Å². The summed E-state index contributed by atoms with van der Waals surface area (Å²) in [6.07, 6.45) is -2.33. The molecule has 0 saturated heterocycles. The monoisotopic (exact) mass is 227 g/mol. The van der Waals surface area contributed by atoms with E-state index in [-0.39, 0.29) is 45.9 Å². The summed E-state index contributed by atoms with van der Waals surface area (Å²) < 4.78 is 34.0. The summed E-state index contributed by atoms with van der Waals surface area (Å²) in [6.45, 7) is 0. The number of hydrogen-bond donors (Lipinski definition) is 0. The molecule has 0 spiro atoms. The standard InChI is InChI=1S/CH2O3.Al.ClHO4.Mg.H2O/c2-1(3)4;;2-1(3,4)5;;/h(H2,2,3,4);;(H,2,3,4,5);;1H2/q;;;+2;/p-4. The maximum absolute atomic E-state index is 8.49. The first-order valence-corrected chi connectivity index (χ1v) is 2.46. The van der Waals surface area contributed by atoms with E-state index in [1.54, 1.807) is 0 Å². The van der Waals surface area contributed by atoms with Crippen molar-refractivity contribution in [3.8, 4) is 0 Å². The fraction of sp³-hybridized carbons (Fsp3) is 0. The largest absolute Gasteiger partial charge is 2.00 e. The first-order chi connectivity index (χ1) is 3.73. The van der Waals surface area contributed by atoms with Crippen LogP contribution < -0.4 is 28.8 Å². The third-order valence-electron chi connectivity index (χ3n) is 0. The van der Waals surface area contributed by atoms with Gasteiger partial charge in [0.05, 0.1) is 0 Å². The van der Waals surface area contributed by atoms with Crippen molar-refractivity contribution in [3.63, 3.8) is 0 Å². The van der Waals surface area contributed by atoms with Crippen LogP contribution in [0.1, 0.15) is 0 Å². The minimum absolute atomic E-state index is 0. The van der Waals surface area contributed by atoms with E-state index >= 15 is 0 Å². The Bertz CT molecular complexity index is 81.5. The molecule has 0 aromatic carbocycles. The van der Waals surface area contributed by atoms with Gasteiger partial charge in [0.15, 0.2) is 0 Å². The molecule has 0 aliphatic rings. The second-order valence-electron chi connectivity index (χ2n) is 0.628. The molecule has 8 nitrogen and oxygen atoms in total. The van der Waals surface area contributed by atoms with Gasteiger partial charge in [-0.25, -0.2) is 18.6 Å². The van der Waals surface area contributed by atoms with Gasteiger partial charge in [0.1, 0.15) is 0 Å². The van der Waals surface area contributed by atoms with Crippen LogP contribution in [-0.2, 0) is 0 Å². The van der Waals surface area contributed by atoms with Gasteiger partial charge in [0.25, 0.3) is 0 Å². The molecule has 0 bridgehead atoms. The molecule has 3 radical (unpaired) electrons. The van der Waals surface area contributed by atoms with Crippen molar-refractivity contribution in [2.75, 3.05) is 0 Å². The van der Waals surface area contributed by atoms with E-state index in [1.807, 2.05) is 0 Å². The van der Waals surface area contributed by atoms with Crippen molar-refractivity contribution in [3.05, 3.63) is 0 Å². The van der Waals surface area contributed by atoms with Crippen LogP contribution in [0.3, 0.4) is 0 Å². The van der Waals surface area contributed by atoms with Gasteiger partial charge in [-0.2, -0.15) is 0 Å². The van der Waals surface area contributed by atoms with Crippen molar-refractivity contribution in [1.82, 2.24) is 0 Å². The summed E-state index contributed by atoms with van der Waals surface area (Å²) in [5.74, 6) is 0. The molecule has 0 unspecified atom stereocenters. The summed E-state index contributed by atoms with van der Waals surface area (Å²) in [4.78, 5) is 8.33. The van der Waals surface area contributed by atoms with Gasteiger partial charge in [-0.3, -0.25) is 0 Å². The van der Waals surface area contributed by atoms with Crippen LogP contribution in [0.5, 0.6) is 0 Å². The minimum atomic E-state index is -4.94. The topological polar surface area (TPSA) is 185 Å². The quantitative estimate of drug-likeness (QED) is 0.365. The minimum Gasteiger partial charge on any atom is -0.870 e.